The van der Waals surface area contributed by atoms with Crippen molar-refractivity contribution in [2.45, 2.75) is 70.8 Å². The first-order valence-electron chi connectivity index (χ1n) is 9.09. The molecule has 1 heterocycles. The van der Waals surface area contributed by atoms with Crippen molar-refractivity contribution < 1.29 is 4.79 Å². The minimum Gasteiger partial charge on any atom is -0.352 e. The van der Waals surface area contributed by atoms with Crippen LogP contribution in [0.2, 0.25) is 0 Å². The lowest BCUT2D eigenvalue weighted by molar-refractivity contribution is -0.156. The highest BCUT2D eigenvalue weighted by atomic mass is 16.2. The van der Waals surface area contributed by atoms with Crippen molar-refractivity contribution in [3.63, 3.8) is 0 Å². The third-order valence-electron chi connectivity index (χ3n) is 6.72. The summed E-state index contributed by atoms with van der Waals surface area (Å²) in [4.78, 5) is 13.1. The molecule has 118 valence electrons. The van der Waals surface area contributed by atoms with Crippen LogP contribution >= 0.6 is 0 Å². The number of hydrogen-bond acceptors (Lipinski definition) is 2. The highest BCUT2D eigenvalue weighted by Crippen LogP contribution is 2.65. The number of carbonyl (C=O) groups excluding carboxylic acids is 1. The Labute approximate surface area is 128 Å². The fourth-order valence-electron chi connectivity index (χ4n) is 6.47. The largest absolute Gasteiger partial charge is 0.352 e. The summed E-state index contributed by atoms with van der Waals surface area (Å²) < 4.78 is 0. The molecule has 0 aromatic carbocycles. The zero-order chi connectivity index (χ0) is 14.5. The van der Waals surface area contributed by atoms with Crippen molar-refractivity contribution in [1.82, 2.24) is 10.6 Å². The van der Waals surface area contributed by atoms with Gasteiger partial charge in [-0.3, -0.25) is 4.79 Å². The van der Waals surface area contributed by atoms with Crippen LogP contribution in [0.5, 0.6) is 0 Å². The van der Waals surface area contributed by atoms with Crippen LogP contribution in [0.1, 0.15) is 64.7 Å². The number of nitrogens with one attached hydrogen (secondary N) is 2. The number of rotatable bonds is 2. The molecule has 2 N–H and O–H groups in total. The molecule has 0 aromatic rings. The van der Waals surface area contributed by atoms with Gasteiger partial charge in [-0.1, -0.05) is 13.3 Å². The van der Waals surface area contributed by atoms with Gasteiger partial charge in [-0.05, 0) is 75.2 Å². The molecule has 4 saturated carbocycles. The van der Waals surface area contributed by atoms with Gasteiger partial charge in [-0.25, -0.2) is 0 Å². The summed E-state index contributed by atoms with van der Waals surface area (Å²) in [6, 6.07) is 0.362. The minimum absolute atomic E-state index is 0.00879. The summed E-state index contributed by atoms with van der Waals surface area (Å²) in [7, 11) is 0. The van der Waals surface area contributed by atoms with Crippen LogP contribution in [0.15, 0.2) is 0 Å². The van der Waals surface area contributed by atoms with Gasteiger partial charge in [0.2, 0.25) is 5.91 Å². The second-order valence-corrected chi connectivity index (χ2v) is 8.92. The maximum absolute atomic E-state index is 13.1. The third-order valence-corrected chi connectivity index (χ3v) is 6.72. The predicted molar refractivity (Wildman–Crippen MR) is 83.9 cm³/mol. The van der Waals surface area contributed by atoms with Crippen LogP contribution in [0.25, 0.3) is 0 Å². The van der Waals surface area contributed by atoms with E-state index in [4.69, 9.17) is 0 Å². The second-order valence-electron chi connectivity index (χ2n) is 8.92. The molecule has 0 radical (unpaired) electrons. The van der Waals surface area contributed by atoms with Gasteiger partial charge in [0.1, 0.15) is 0 Å². The molecule has 1 aliphatic heterocycles. The molecule has 3 atom stereocenters. The van der Waals surface area contributed by atoms with E-state index >= 15 is 0 Å². The Balaban J connectivity index is 1.48. The monoisotopic (exact) mass is 290 g/mol. The van der Waals surface area contributed by atoms with E-state index < -0.39 is 0 Å². The first-order valence-corrected chi connectivity index (χ1v) is 9.09. The van der Waals surface area contributed by atoms with E-state index in [2.05, 4.69) is 17.6 Å². The van der Waals surface area contributed by atoms with Crippen molar-refractivity contribution in [2.75, 3.05) is 13.1 Å². The van der Waals surface area contributed by atoms with Crippen LogP contribution in [0, 0.1) is 22.7 Å². The lowest BCUT2D eigenvalue weighted by Crippen LogP contribution is -2.58. The zero-order valence-corrected chi connectivity index (χ0v) is 13.4. The molecule has 0 spiro atoms. The molecule has 3 unspecified atom stereocenters. The quantitative estimate of drug-likeness (QED) is 0.821. The average Bonchev–Trinajstić information content (AvgIpc) is 2.64. The molecule has 21 heavy (non-hydrogen) atoms. The maximum Gasteiger partial charge on any atom is 0.226 e. The smallest absolute Gasteiger partial charge is 0.226 e. The number of hydrogen-bond donors (Lipinski definition) is 2. The number of carbonyl (C=O) groups is 1. The molecule has 5 rings (SSSR count). The summed E-state index contributed by atoms with van der Waals surface area (Å²) in [5.74, 6) is 2.06. The Kier molecular flexibility index (Phi) is 3.33. The van der Waals surface area contributed by atoms with Crippen molar-refractivity contribution in [3.05, 3.63) is 0 Å². The van der Waals surface area contributed by atoms with Gasteiger partial charge in [0, 0.05) is 12.6 Å². The molecule has 1 amide bonds. The molecule has 4 aliphatic carbocycles. The highest BCUT2D eigenvalue weighted by Gasteiger charge is 2.58. The van der Waals surface area contributed by atoms with E-state index in [1.807, 2.05) is 0 Å². The Morgan fingerprint density at radius 1 is 1.14 bits per heavy atom. The van der Waals surface area contributed by atoms with Gasteiger partial charge < -0.3 is 10.6 Å². The van der Waals surface area contributed by atoms with Crippen LogP contribution < -0.4 is 10.6 Å². The van der Waals surface area contributed by atoms with E-state index in [1.54, 1.807) is 0 Å². The van der Waals surface area contributed by atoms with Gasteiger partial charge in [0.25, 0.3) is 0 Å². The van der Waals surface area contributed by atoms with E-state index in [1.165, 1.54) is 44.9 Å². The van der Waals surface area contributed by atoms with Gasteiger partial charge in [0.15, 0.2) is 0 Å². The summed E-state index contributed by atoms with van der Waals surface area (Å²) in [6.07, 6.45) is 11.3. The first kappa shape index (κ1) is 14.0. The fourth-order valence-corrected chi connectivity index (χ4v) is 6.47. The first-order chi connectivity index (χ1) is 10.1. The minimum atomic E-state index is -0.00879. The maximum atomic E-state index is 13.1. The Morgan fingerprint density at radius 3 is 2.62 bits per heavy atom. The molecule has 1 saturated heterocycles. The lowest BCUT2D eigenvalue weighted by atomic mass is 9.44. The molecule has 3 nitrogen and oxygen atoms in total. The van der Waals surface area contributed by atoms with Gasteiger partial charge in [-0.15, -0.1) is 0 Å². The normalized spacial score (nSPS) is 48.9. The van der Waals surface area contributed by atoms with E-state index in [0.717, 1.165) is 37.8 Å². The van der Waals surface area contributed by atoms with Gasteiger partial charge in [-0.2, -0.15) is 0 Å². The van der Waals surface area contributed by atoms with E-state index in [-0.39, 0.29) is 5.41 Å². The molecule has 0 aromatic heterocycles. The van der Waals surface area contributed by atoms with Crippen LogP contribution in [-0.4, -0.2) is 25.0 Å². The van der Waals surface area contributed by atoms with Crippen molar-refractivity contribution in [1.29, 1.82) is 0 Å². The highest BCUT2D eigenvalue weighted by molar-refractivity contribution is 5.83. The second kappa shape index (κ2) is 4.97. The van der Waals surface area contributed by atoms with Gasteiger partial charge in [0.05, 0.1) is 5.41 Å². The summed E-state index contributed by atoms with van der Waals surface area (Å²) in [6.45, 7) is 4.52. The van der Waals surface area contributed by atoms with Crippen LogP contribution in [0.4, 0.5) is 0 Å². The Morgan fingerprint density at radius 2 is 1.90 bits per heavy atom. The molecule has 5 aliphatic rings. The Bertz CT molecular complexity index is 411. The standard InChI is InChI=1S/C18H30N2O/c1-17-7-13-6-14(8-17)10-18(9-13,12-17)16(21)20-15-4-2-3-5-19-11-15/h13-15,19H,2-12H2,1H3,(H,20,21). The molecular formula is C18H30N2O. The van der Waals surface area contributed by atoms with Crippen molar-refractivity contribution in [2.24, 2.45) is 22.7 Å². The molecule has 5 fully saturated rings. The van der Waals surface area contributed by atoms with Crippen molar-refractivity contribution in [3.8, 4) is 0 Å². The molecular weight excluding hydrogens is 260 g/mol. The summed E-state index contributed by atoms with van der Waals surface area (Å²) in [5.41, 5.74) is 0.453. The summed E-state index contributed by atoms with van der Waals surface area (Å²) in [5, 5.41) is 6.90. The van der Waals surface area contributed by atoms with Crippen LogP contribution in [-0.2, 0) is 4.79 Å². The number of amides is 1. The average molecular weight is 290 g/mol. The Hall–Kier alpha value is -0.570. The predicted octanol–water partition coefficient (Wildman–Crippen LogP) is 2.85. The molecule has 4 bridgehead atoms. The fraction of sp³-hybridized carbons (Fsp3) is 0.944. The third kappa shape index (κ3) is 2.52. The van der Waals surface area contributed by atoms with Gasteiger partial charge >= 0.3 is 0 Å². The summed E-state index contributed by atoms with van der Waals surface area (Å²) >= 11 is 0. The van der Waals surface area contributed by atoms with Crippen molar-refractivity contribution >= 4 is 5.91 Å². The SMILES string of the molecule is CC12CC3CC(C1)CC(C(=O)NC1CCCCNC1)(C3)C2. The van der Waals surface area contributed by atoms with E-state index in [9.17, 15) is 4.79 Å². The van der Waals surface area contributed by atoms with Crippen LogP contribution in [0.3, 0.4) is 0 Å². The zero-order valence-electron chi connectivity index (χ0n) is 13.4. The lowest BCUT2D eigenvalue weighted by Gasteiger charge is -2.60. The molecule has 3 heteroatoms. The topological polar surface area (TPSA) is 41.1 Å². The van der Waals surface area contributed by atoms with E-state index in [0.29, 0.717) is 17.4 Å².